The smallest absolute Gasteiger partial charge is 0.481 e. The molecule has 0 saturated heterocycles. The van der Waals surface area contributed by atoms with Crippen molar-refractivity contribution in [2.75, 3.05) is 51.4 Å². The van der Waals surface area contributed by atoms with Crippen LogP contribution < -0.4 is 0 Å². The van der Waals surface area contributed by atoms with Crippen LogP contribution in [0, 0.1) is 0 Å². The van der Waals surface area contributed by atoms with Crippen LogP contribution in [0.3, 0.4) is 0 Å². The molecule has 0 bridgehead atoms. The van der Waals surface area contributed by atoms with Crippen LogP contribution in [0.2, 0.25) is 0 Å². The molecule has 0 spiro atoms. The molecule has 5 atom stereocenters. The predicted octanol–water partition coefficient (Wildman–Crippen LogP) is 2.24. The van der Waals surface area contributed by atoms with E-state index in [9.17, 15) is 48.8 Å². The number of carbonyl (C=O) groups is 1. The van der Waals surface area contributed by atoms with Gasteiger partial charge in [-0.1, -0.05) is 13.0 Å². The number of carboxylic acid groups (broad SMARTS) is 1. The minimum Gasteiger partial charge on any atom is -0.481 e. The number of phosphoric acid groups is 5. The van der Waals surface area contributed by atoms with Gasteiger partial charge in [-0.05, 0) is 41.5 Å². The van der Waals surface area contributed by atoms with E-state index in [4.69, 9.17) is 63.9 Å². The number of allylic oxidation sites excluding steroid dienone is 1. The largest absolute Gasteiger partial charge is 0.488 e. The van der Waals surface area contributed by atoms with Gasteiger partial charge in [0.05, 0.1) is 32.7 Å². The van der Waals surface area contributed by atoms with Gasteiger partial charge in [0.2, 0.25) is 0 Å². The highest BCUT2D eigenvalue weighted by Crippen LogP contribution is 2.66. The number of aliphatic carboxylic acids is 1. The summed E-state index contributed by atoms with van der Waals surface area (Å²) in [5.41, 5.74) is 0. The second kappa shape index (κ2) is 37.2. The molecular weight excluding hydrogens is 1020 g/mol. The van der Waals surface area contributed by atoms with E-state index in [1.165, 1.54) is 27.0 Å². The minimum atomic E-state index is -5.12. The highest BCUT2D eigenvalue weighted by molar-refractivity contribution is 7.90. The van der Waals surface area contributed by atoms with Crippen LogP contribution in [0.5, 0.6) is 0 Å². The van der Waals surface area contributed by atoms with E-state index in [0.717, 1.165) is 20.1 Å². The summed E-state index contributed by atoms with van der Waals surface area (Å²) in [5, 5.41) is 15.5. The molecule has 0 aromatic carbocycles. The maximum atomic E-state index is 10.9. The third-order valence-corrected chi connectivity index (χ3v) is 12.7. The maximum Gasteiger partial charge on any atom is 0.488 e. The lowest BCUT2D eigenvalue weighted by Gasteiger charge is -2.15. The van der Waals surface area contributed by atoms with Crippen LogP contribution in [0.15, 0.2) is 12.7 Å². The molecule has 0 aliphatic rings. The van der Waals surface area contributed by atoms with E-state index >= 15 is 0 Å². The zero-order valence-corrected chi connectivity index (χ0v) is 41.9. The molecule has 12 N–H and O–H groups in total. The predicted molar refractivity (Wildman–Crippen MR) is 212 cm³/mol. The van der Waals surface area contributed by atoms with E-state index in [0.29, 0.717) is 6.66 Å². The average Bonchev–Trinajstić information content (AvgIpc) is 2.89. The Balaban J connectivity index is -0.0000000898. The second-order valence-electron chi connectivity index (χ2n) is 9.16. The standard InChI is InChI=1S/C3H11O9P3.C3H8O3S.C3H8O2S.C3H6.C2H8O7P2.2C2H7O4P.C2H4O2/c1-3-10-14(6,7)12-15(8,9)11-13(2,4)5;1-3-6-7(2,4)5;1-3-6(2,4)5;1-3-2;1-2-8-11(6,7)9-10(3,4)5;1-2-6-7(3,4)5;1-2(3)7(4,5)6;1-2(3)4/h3H2,1-2H3,(H,4,5)(H,6,7)(H,8,9);3H2,1-2H3;3H2,1-2H3;3H,1H2,2H3;2H2,1H3,(H,6,7)(H2,3,4,5);2H2,1H3,(H2,3,4,5);2-3H,1H3,(H2,4,5,6);1H3,(H,3,4)/t;;;;;;2-;/m......0./s1. The molecule has 40 heteroatoms. The normalized spacial score (nSPS) is 15.7. The van der Waals surface area contributed by atoms with Gasteiger partial charge in [-0.15, -0.1) is 6.58 Å². The van der Waals surface area contributed by atoms with Gasteiger partial charge >= 0.3 is 54.3 Å². The quantitative estimate of drug-likeness (QED) is 0.0599. The lowest BCUT2D eigenvalue weighted by atomic mass is 10.8. The molecule has 60 heavy (non-hydrogen) atoms. The highest BCUT2D eigenvalue weighted by atomic mass is 32.2. The molecule has 0 saturated carbocycles. The Bertz CT molecular complexity index is 1690. The first-order valence-electron chi connectivity index (χ1n) is 15.0. The van der Waals surface area contributed by atoms with E-state index in [2.05, 4.69) is 37.3 Å². The first-order chi connectivity index (χ1) is 26.0. The van der Waals surface area contributed by atoms with E-state index in [-0.39, 0.29) is 32.2 Å². The second-order valence-corrected chi connectivity index (χ2v) is 24.3. The van der Waals surface area contributed by atoms with Crippen molar-refractivity contribution in [2.45, 2.75) is 61.2 Å². The van der Waals surface area contributed by atoms with Crippen molar-refractivity contribution in [3.63, 3.8) is 0 Å². The molecule has 0 amide bonds. The molecule has 0 aliphatic heterocycles. The molecular formula is C20H59O31P7S2. The number of hydrogen-bond acceptors (Lipinski definition) is 20. The number of aliphatic hydroxyl groups is 1. The molecule has 0 aromatic rings. The number of sulfone groups is 1. The summed E-state index contributed by atoms with van der Waals surface area (Å²) < 4.78 is 139. The Hall–Kier alpha value is -0.000000000000000430. The molecule has 372 valence electrons. The summed E-state index contributed by atoms with van der Waals surface area (Å²) in [6.45, 7) is 15.3. The zero-order valence-electron chi connectivity index (χ0n) is 34.0. The van der Waals surface area contributed by atoms with Gasteiger partial charge < -0.3 is 59.1 Å². The summed E-state index contributed by atoms with van der Waals surface area (Å²) in [6.07, 6.45) is 3.99. The van der Waals surface area contributed by atoms with Crippen molar-refractivity contribution in [3.05, 3.63) is 12.7 Å². The van der Waals surface area contributed by atoms with Crippen LogP contribution in [0.25, 0.3) is 0 Å². The van der Waals surface area contributed by atoms with Gasteiger partial charge in [0.15, 0.2) is 5.85 Å². The third-order valence-electron chi connectivity index (χ3n) is 2.90. The summed E-state index contributed by atoms with van der Waals surface area (Å²) in [4.78, 5) is 91.4. The highest BCUT2D eigenvalue weighted by Gasteiger charge is 2.39. The van der Waals surface area contributed by atoms with Crippen molar-refractivity contribution in [2.24, 2.45) is 0 Å². The molecule has 0 heterocycles. The summed E-state index contributed by atoms with van der Waals surface area (Å²) in [7, 11) is -37.9. The zero-order chi connectivity index (χ0) is 50.8. The van der Waals surface area contributed by atoms with Crippen molar-refractivity contribution < 1.29 is 143 Å². The number of phosphoric ester groups is 3. The van der Waals surface area contributed by atoms with Crippen molar-refractivity contribution in [3.8, 4) is 0 Å². The van der Waals surface area contributed by atoms with E-state index in [1.54, 1.807) is 19.9 Å². The molecule has 0 aliphatic carbocycles. The fourth-order valence-corrected chi connectivity index (χ4v) is 7.06. The molecule has 0 rings (SSSR count). The fraction of sp³-hybridized carbons (Fsp3) is 0.850. The molecule has 0 radical (unpaired) electrons. The number of hydrogen-bond donors (Lipinski definition) is 12. The Morgan fingerprint density at radius 3 is 1.02 bits per heavy atom. The monoisotopic (exact) mass is 1080 g/mol. The maximum absolute atomic E-state index is 10.9. The number of carboxylic acids is 1. The van der Waals surface area contributed by atoms with Gasteiger partial charge in [0, 0.05) is 25.6 Å². The van der Waals surface area contributed by atoms with E-state index in [1.807, 2.05) is 6.92 Å². The van der Waals surface area contributed by atoms with Crippen LogP contribution in [-0.4, -0.2) is 139 Å². The topological polar surface area (TPSA) is 512 Å². The van der Waals surface area contributed by atoms with E-state index < -0.39 is 86.1 Å². The first-order valence-corrected chi connectivity index (χ1v) is 30.1. The Morgan fingerprint density at radius 1 is 0.633 bits per heavy atom. The van der Waals surface area contributed by atoms with Gasteiger partial charge in [0.1, 0.15) is 9.84 Å². The fourth-order valence-electron chi connectivity index (χ4n) is 1.23. The Kier molecular flexibility index (Phi) is 47.9. The van der Waals surface area contributed by atoms with Gasteiger partial charge in [0.25, 0.3) is 16.1 Å². The minimum absolute atomic E-state index is 0.0459. The SMILES string of the molecule is C=CC.CC(=O)O.CCOP(=O)(O)O.CCOP(=O)(O)OP(=O)(O)O.CCOP(=O)(O)OP(=O)(O)OP(C)(=O)O.CCOS(C)(=O)=O.CCS(C)(=O)=O.C[C@@H](O)P(=O)(O)O. The van der Waals surface area contributed by atoms with Crippen LogP contribution in [0.1, 0.15) is 55.4 Å². The van der Waals surface area contributed by atoms with Crippen LogP contribution >= 0.6 is 54.3 Å². The van der Waals surface area contributed by atoms with Gasteiger partial charge in [-0.2, -0.15) is 17.0 Å². The summed E-state index contributed by atoms with van der Waals surface area (Å²) in [6, 6.07) is 0. The first kappa shape index (κ1) is 77.2. The molecule has 0 fully saturated rings. The van der Waals surface area contributed by atoms with Crippen molar-refractivity contribution >= 4 is 80.2 Å². The van der Waals surface area contributed by atoms with Crippen LogP contribution in [-0.2, 0) is 87.4 Å². The Labute approximate surface area is 348 Å². The number of rotatable bonds is 16. The van der Waals surface area contributed by atoms with Gasteiger partial charge in [-0.3, -0.25) is 31.7 Å². The van der Waals surface area contributed by atoms with Gasteiger partial charge in [-0.25, -0.2) is 35.6 Å². The van der Waals surface area contributed by atoms with Crippen molar-refractivity contribution in [1.29, 1.82) is 0 Å². The lowest BCUT2D eigenvalue weighted by molar-refractivity contribution is -0.134. The Morgan fingerprint density at radius 2 is 0.900 bits per heavy atom. The molecule has 0 aromatic heterocycles. The van der Waals surface area contributed by atoms with Crippen LogP contribution in [0.4, 0.5) is 0 Å². The third kappa shape index (κ3) is 102. The van der Waals surface area contributed by atoms with Crippen molar-refractivity contribution in [1.82, 2.24) is 0 Å². The summed E-state index contributed by atoms with van der Waals surface area (Å²) in [5.74, 6) is -2.13. The lowest BCUT2D eigenvalue weighted by Crippen LogP contribution is -2.00. The average molecular weight is 1080 g/mol. The number of aliphatic hydroxyl groups excluding tert-OH is 1. The summed E-state index contributed by atoms with van der Waals surface area (Å²) >= 11 is 0. The molecule has 31 nitrogen and oxygen atoms in total. The molecule has 4 unspecified atom stereocenters.